The van der Waals surface area contributed by atoms with Crippen LogP contribution in [0.4, 0.5) is 0 Å². The van der Waals surface area contributed by atoms with Gasteiger partial charge in [-0.1, -0.05) is 139 Å². The van der Waals surface area contributed by atoms with Crippen molar-refractivity contribution in [2.24, 2.45) is 0 Å². The molecule has 0 aliphatic rings. The van der Waals surface area contributed by atoms with Gasteiger partial charge < -0.3 is 7.43 Å². The van der Waals surface area contributed by atoms with Crippen LogP contribution in [0.25, 0.3) is 21.5 Å². The fourth-order valence-electron chi connectivity index (χ4n) is 5.11. The third-order valence-electron chi connectivity index (χ3n) is 7.39. The average molecular weight is 638 g/mol. The first-order chi connectivity index (χ1) is 18.4. The standard InChI is InChI=1S/2C16H21.C6H5Si.CH3.Zr/c2*1-10(2)13-8-14-6-12(5)7-16(14)15(9-13)11(3)4;7-6-4-2-1-3-5-6;;/h2*6-11H,1-5H3;1-5H;1H3;/q2*-1;;-1;+3. The summed E-state index contributed by atoms with van der Waals surface area (Å²) in [6.07, 6.45) is 0. The van der Waals surface area contributed by atoms with Gasteiger partial charge in [0, 0.05) is 0 Å². The second kappa shape index (κ2) is 16.6. The summed E-state index contributed by atoms with van der Waals surface area (Å²) in [5.41, 5.74) is 8.66. The monoisotopic (exact) mass is 636 g/mol. The Bertz CT molecular complexity index is 1380. The molecule has 5 aromatic rings. The molecule has 0 amide bonds. The van der Waals surface area contributed by atoms with Crippen LogP contribution in [0.2, 0.25) is 0 Å². The largest absolute Gasteiger partial charge is 3.00 e. The summed E-state index contributed by atoms with van der Waals surface area (Å²) in [4.78, 5) is 0. The molecule has 0 heterocycles. The molecule has 0 atom stereocenters. The number of benzene rings is 3. The first-order valence-corrected chi connectivity index (χ1v) is 15.1. The summed E-state index contributed by atoms with van der Waals surface area (Å²) < 4.78 is 0. The minimum absolute atomic E-state index is 0. The van der Waals surface area contributed by atoms with Gasteiger partial charge in [-0.05, 0) is 23.7 Å². The predicted octanol–water partition coefficient (Wildman–Crippen LogP) is 11.2. The zero-order chi connectivity index (χ0) is 28.9. The van der Waals surface area contributed by atoms with Crippen molar-refractivity contribution >= 4 is 37.0 Å². The molecule has 0 unspecified atom stereocenters. The summed E-state index contributed by atoms with van der Waals surface area (Å²) in [5, 5.41) is 6.83. The first-order valence-electron chi connectivity index (χ1n) is 14.6. The van der Waals surface area contributed by atoms with Crippen molar-refractivity contribution in [2.45, 2.75) is 92.9 Å². The first kappa shape index (κ1) is 37.0. The van der Waals surface area contributed by atoms with E-state index in [9.17, 15) is 0 Å². The SMILES string of the molecule is Cc1cc2c(C(C)C)cc(C(C)C)cc2[cH-]1.Cc1cc2c(C(C)C)cc(C(C)C)cc2[cH-]1.[CH3-].[Si]c1ccccc1.[Zr+3]. The molecule has 0 aliphatic heterocycles. The van der Waals surface area contributed by atoms with Crippen molar-refractivity contribution in [3.05, 3.63) is 120 Å². The molecule has 4 radical (unpaired) electrons. The van der Waals surface area contributed by atoms with Crippen molar-refractivity contribution in [2.75, 3.05) is 0 Å². The van der Waals surface area contributed by atoms with Crippen molar-refractivity contribution < 1.29 is 26.2 Å². The molecular formula is C39H50SiZr. The molecule has 0 saturated heterocycles. The van der Waals surface area contributed by atoms with Gasteiger partial charge in [-0.2, -0.15) is 12.1 Å². The predicted molar refractivity (Wildman–Crippen MR) is 183 cm³/mol. The third kappa shape index (κ3) is 10.0. The van der Waals surface area contributed by atoms with E-state index in [0.717, 1.165) is 5.19 Å². The van der Waals surface area contributed by atoms with Crippen LogP contribution in [0, 0.1) is 21.3 Å². The second-order valence-electron chi connectivity index (χ2n) is 12.3. The third-order valence-corrected chi connectivity index (χ3v) is 7.73. The Kier molecular flexibility index (Phi) is 15.0. The van der Waals surface area contributed by atoms with Crippen molar-refractivity contribution in [1.82, 2.24) is 0 Å². The molecule has 214 valence electrons. The van der Waals surface area contributed by atoms with Crippen LogP contribution in [0.15, 0.2) is 78.9 Å². The van der Waals surface area contributed by atoms with Gasteiger partial charge in [0.2, 0.25) is 0 Å². The van der Waals surface area contributed by atoms with Gasteiger partial charge in [-0.25, -0.2) is 0 Å². The molecule has 0 aromatic heterocycles. The Morgan fingerprint density at radius 2 is 0.902 bits per heavy atom. The molecule has 0 bridgehead atoms. The Labute approximate surface area is 274 Å². The van der Waals surface area contributed by atoms with E-state index >= 15 is 0 Å². The quantitative estimate of drug-likeness (QED) is 0.136. The number of fused-ring (bicyclic) bond motifs is 2. The van der Waals surface area contributed by atoms with Crippen LogP contribution in [-0.2, 0) is 26.2 Å². The number of aryl methyl sites for hydroxylation is 2. The van der Waals surface area contributed by atoms with Gasteiger partial charge in [0.05, 0.1) is 10.2 Å². The smallest absolute Gasteiger partial charge is 0.358 e. The van der Waals surface area contributed by atoms with Crippen LogP contribution < -0.4 is 5.19 Å². The van der Waals surface area contributed by atoms with Crippen LogP contribution in [0.3, 0.4) is 0 Å². The minimum Gasteiger partial charge on any atom is -0.358 e. The second-order valence-corrected chi connectivity index (χ2v) is 12.9. The topological polar surface area (TPSA) is 0 Å². The Morgan fingerprint density at radius 1 is 0.537 bits per heavy atom. The normalized spacial score (nSPS) is 10.8. The molecule has 41 heavy (non-hydrogen) atoms. The summed E-state index contributed by atoms with van der Waals surface area (Å²) in [5.74, 6) is 2.42. The number of rotatable bonds is 4. The summed E-state index contributed by atoms with van der Waals surface area (Å²) >= 11 is 0. The molecule has 0 saturated carbocycles. The van der Waals surface area contributed by atoms with Crippen LogP contribution in [0.5, 0.6) is 0 Å². The molecule has 0 spiro atoms. The maximum absolute atomic E-state index is 3.36. The summed E-state index contributed by atoms with van der Waals surface area (Å²) in [6, 6.07) is 28.7. The maximum Gasteiger partial charge on any atom is 3.00 e. The van der Waals surface area contributed by atoms with Gasteiger partial charge in [-0.15, -0.1) is 56.9 Å². The fourth-order valence-corrected chi connectivity index (χ4v) is 5.30. The molecular weight excluding hydrogens is 588 g/mol. The molecule has 5 aromatic carbocycles. The van der Waals surface area contributed by atoms with E-state index < -0.39 is 0 Å². The van der Waals surface area contributed by atoms with Crippen LogP contribution in [-0.4, -0.2) is 10.2 Å². The van der Waals surface area contributed by atoms with Gasteiger partial charge >= 0.3 is 26.2 Å². The molecule has 0 N–H and O–H groups in total. The molecule has 0 nitrogen and oxygen atoms in total. The molecule has 2 heteroatoms. The van der Waals surface area contributed by atoms with Crippen LogP contribution in [0.1, 0.15) is 112 Å². The molecule has 5 rings (SSSR count). The number of hydrogen-bond acceptors (Lipinski definition) is 0. The Hall–Kier alpha value is -2.02. The van der Waals surface area contributed by atoms with E-state index in [1.54, 1.807) is 0 Å². The summed E-state index contributed by atoms with van der Waals surface area (Å²) in [7, 11) is 3.36. The fraction of sp³-hybridized carbons (Fsp3) is 0.359. The van der Waals surface area contributed by atoms with Crippen molar-refractivity contribution in [3.8, 4) is 0 Å². The summed E-state index contributed by atoms with van der Waals surface area (Å²) in [6.45, 7) is 22.5. The Balaban J connectivity index is 0.000000321. The van der Waals surface area contributed by atoms with E-state index in [2.05, 4.69) is 128 Å². The number of hydrogen-bond donors (Lipinski definition) is 0. The zero-order valence-electron chi connectivity index (χ0n) is 27.3. The van der Waals surface area contributed by atoms with E-state index in [4.69, 9.17) is 0 Å². The van der Waals surface area contributed by atoms with Gasteiger partial charge in [0.1, 0.15) is 0 Å². The average Bonchev–Trinajstić information content (AvgIpc) is 3.44. The Morgan fingerprint density at radius 3 is 1.17 bits per heavy atom. The molecule has 0 aliphatic carbocycles. The molecule has 0 fully saturated rings. The van der Waals surface area contributed by atoms with E-state index in [0.29, 0.717) is 23.7 Å². The minimum atomic E-state index is 0. The van der Waals surface area contributed by atoms with E-state index in [-0.39, 0.29) is 33.6 Å². The van der Waals surface area contributed by atoms with E-state index in [1.165, 1.54) is 54.9 Å². The maximum atomic E-state index is 3.36. The van der Waals surface area contributed by atoms with Crippen molar-refractivity contribution in [1.29, 1.82) is 0 Å². The van der Waals surface area contributed by atoms with Gasteiger partial charge in [0.15, 0.2) is 0 Å². The van der Waals surface area contributed by atoms with Gasteiger partial charge in [-0.3, -0.25) is 0 Å². The van der Waals surface area contributed by atoms with Crippen molar-refractivity contribution in [3.63, 3.8) is 0 Å². The van der Waals surface area contributed by atoms with Gasteiger partial charge in [0.25, 0.3) is 0 Å². The van der Waals surface area contributed by atoms with Crippen LogP contribution >= 0.6 is 0 Å². The zero-order valence-corrected chi connectivity index (χ0v) is 30.8. The van der Waals surface area contributed by atoms with E-state index in [1.807, 2.05) is 30.3 Å².